The molecule has 0 spiro atoms. The summed E-state index contributed by atoms with van der Waals surface area (Å²) in [7, 11) is 0. The summed E-state index contributed by atoms with van der Waals surface area (Å²) < 4.78 is 14.7. The van der Waals surface area contributed by atoms with Crippen molar-refractivity contribution in [1.82, 2.24) is 20.2 Å². The molecule has 0 aliphatic carbocycles. The lowest BCUT2D eigenvalue weighted by atomic mass is 10.1. The fourth-order valence-corrected chi connectivity index (χ4v) is 3.50. The molecule has 0 bridgehead atoms. The minimum Gasteiger partial charge on any atom is -0.324 e. The lowest BCUT2D eigenvalue weighted by Gasteiger charge is -2.13. The van der Waals surface area contributed by atoms with Gasteiger partial charge in [0, 0.05) is 0 Å². The molecule has 1 N–H and O–H groups in total. The Bertz CT molecular complexity index is 994. The number of hydrogen-bond acceptors (Lipinski definition) is 5. The van der Waals surface area contributed by atoms with Crippen molar-refractivity contribution in [3.8, 4) is 5.69 Å². The van der Waals surface area contributed by atoms with Crippen LogP contribution in [0, 0.1) is 19.7 Å². The van der Waals surface area contributed by atoms with Gasteiger partial charge >= 0.3 is 0 Å². The van der Waals surface area contributed by atoms with E-state index in [9.17, 15) is 9.18 Å². The van der Waals surface area contributed by atoms with E-state index in [0.29, 0.717) is 10.8 Å². The van der Waals surface area contributed by atoms with Crippen LogP contribution in [0.1, 0.15) is 18.1 Å². The summed E-state index contributed by atoms with van der Waals surface area (Å²) in [6.45, 7) is 5.72. The fourth-order valence-electron chi connectivity index (χ4n) is 2.48. The van der Waals surface area contributed by atoms with Gasteiger partial charge in [0.2, 0.25) is 11.1 Å². The Balaban J connectivity index is 1.76. The summed E-state index contributed by atoms with van der Waals surface area (Å²) >= 11 is 7.18. The van der Waals surface area contributed by atoms with Crippen molar-refractivity contribution in [3.63, 3.8) is 0 Å². The van der Waals surface area contributed by atoms with Gasteiger partial charge in [0.25, 0.3) is 0 Å². The molecule has 0 fully saturated rings. The van der Waals surface area contributed by atoms with Gasteiger partial charge in [-0.15, -0.1) is 5.10 Å². The zero-order valence-corrected chi connectivity index (χ0v) is 16.5. The summed E-state index contributed by atoms with van der Waals surface area (Å²) in [5, 5.41) is 14.6. The minimum absolute atomic E-state index is 0.140. The number of hydrogen-bond donors (Lipinski definition) is 1. The van der Waals surface area contributed by atoms with E-state index in [-0.39, 0.29) is 10.9 Å². The number of aryl methyl sites for hydroxylation is 2. The van der Waals surface area contributed by atoms with Gasteiger partial charge in [0.1, 0.15) is 5.82 Å². The normalized spacial score (nSPS) is 12.0. The Hall–Kier alpha value is -2.45. The molecular weight excluding hydrogens is 389 g/mol. The number of tetrazole rings is 1. The van der Waals surface area contributed by atoms with Crippen molar-refractivity contribution in [2.24, 2.45) is 0 Å². The van der Waals surface area contributed by atoms with Crippen LogP contribution in [0.15, 0.2) is 41.6 Å². The molecule has 1 atom stereocenters. The molecule has 0 aliphatic heterocycles. The number of thioether (sulfide) groups is 1. The van der Waals surface area contributed by atoms with Crippen molar-refractivity contribution < 1.29 is 9.18 Å². The number of aromatic nitrogens is 4. The van der Waals surface area contributed by atoms with Crippen LogP contribution in [-0.2, 0) is 4.79 Å². The quantitative estimate of drug-likeness (QED) is 0.644. The largest absolute Gasteiger partial charge is 0.324 e. The van der Waals surface area contributed by atoms with Crippen molar-refractivity contribution in [2.75, 3.05) is 5.32 Å². The van der Waals surface area contributed by atoms with Gasteiger partial charge in [-0.3, -0.25) is 4.79 Å². The van der Waals surface area contributed by atoms with Crippen LogP contribution in [0.2, 0.25) is 5.02 Å². The number of anilines is 1. The first-order valence-electron chi connectivity index (χ1n) is 8.13. The van der Waals surface area contributed by atoms with E-state index in [1.165, 1.54) is 23.9 Å². The molecule has 6 nitrogen and oxygen atoms in total. The smallest absolute Gasteiger partial charge is 0.237 e. The highest BCUT2D eigenvalue weighted by atomic mass is 35.5. The third-order valence-corrected chi connectivity index (χ3v) is 5.21. The van der Waals surface area contributed by atoms with Gasteiger partial charge < -0.3 is 5.32 Å². The van der Waals surface area contributed by atoms with Gasteiger partial charge in [-0.05, 0) is 61.0 Å². The minimum atomic E-state index is -0.498. The van der Waals surface area contributed by atoms with E-state index in [0.717, 1.165) is 22.9 Å². The second kappa shape index (κ2) is 8.06. The third kappa shape index (κ3) is 4.45. The molecule has 2 aromatic carbocycles. The number of nitrogens with one attached hydrogen (secondary N) is 1. The zero-order valence-electron chi connectivity index (χ0n) is 14.9. The molecule has 0 saturated heterocycles. The maximum Gasteiger partial charge on any atom is 0.237 e. The lowest BCUT2D eigenvalue weighted by molar-refractivity contribution is -0.115. The van der Waals surface area contributed by atoms with Crippen LogP contribution in [-0.4, -0.2) is 31.4 Å². The van der Waals surface area contributed by atoms with E-state index in [2.05, 4.69) is 20.8 Å². The van der Waals surface area contributed by atoms with Crippen LogP contribution in [0.25, 0.3) is 5.69 Å². The molecule has 0 aliphatic rings. The standard InChI is InChI=1S/C18H17ClFN5OS/c1-10-4-7-16(11(2)8-10)25-18(22-23-24-25)27-12(3)17(26)21-15-6-5-13(20)9-14(15)19/h4-9,12H,1-3H3,(H,21,26)/t12-/m1/s1. The molecule has 1 aromatic heterocycles. The SMILES string of the molecule is Cc1ccc(-n2nnnc2S[C@H](C)C(=O)Nc2ccc(F)cc2Cl)c(C)c1. The molecular formula is C18H17ClFN5OS. The summed E-state index contributed by atoms with van der Waals surface area (Å²) in [5.74, 6) is -0.753. The number of nitrogens with zero attached hydrogens (tertiary/aromatic N) is 4. The predicted octanol–water partition coefficient (Wildman–Crippen LogP) is 4.19. The maximum absolute atomic E-state index is 13.1. The van der Waals surface area contributed by atoms with Gasteiger partial charge in [-0.25, -0.2) is 4.39 Å². The Labute approximate surface area is 165 Å². The van der Waals surface area contributed by atoms with E-state index in [1.54, 1.807) is 11.6 Å². The van der Waals surface area contributed by atoms with Gasteiger partial charge in [-0.1, -0.05) is 41.1 Å². The highest BCUT2D eigenvalue weighted by Gasteiger charge is 2.20. The first-order valence-corrected chi connectivity index (χ1v) is 9.39. The number of carbonyl (C=O) groups is 1. The number of benzene rings is 2. The second-order valence-electron chi connectivity index (χ2n) is 6.04. The van der Waals surface area contributed by atoms with Crippen molar-refractivity contribution in [2.45, 2.75) is 31.2 Å². The monoisotopic (exact) mass is 405 g/mol. The Morgan fingerprint density at radius 1 is 1.26 bits per heavy atom. The van der Waals surface area contributed by atoms with E-state index < -0.39 is 11.1 Å². The fraction of sp³-hybridized carbons (Fsp3) is 0.222. The first kappa shape index (κ1) is 19.3. The van der Waals surface area contributed by atoms with E-state index >= 15 is 0 Å². The highest BCUT2D eigenvalue weighted by Crippen LogP contribution is 2.27. The number of carbonyl (C=O) groups excluding carboxylic acids is 1. The second-order valence-corrected chi connectivity index (χ2v) is 7.75. The lowest BCUT2D eigenvalue weighted by Crippen LogP contribution is -2.23. The van der Waals surface area contributed by atoms with Crippen LogP contribution >= 0.6 is 23.4 Å². The van der Waals surface area contributed by atoms with Crippen LogP contribution in [0.3, 0.4) is 0 Å². The van der Waals surface area contributed by atoms with Crippen LogP contribution < -0.4 is 5.32 Å². The molecule has 0 unspecified atom stereocenters. The highest BCUT2D eigenvalue weighted by molar-refractivity contribution is 8.00. The Kier molecular flexibility index (Phi) is 5.76. The summed E-state index contributed by atoms with van der Waals surface area (Å²) in [5.41, 5.74) is 3.37. The van der Waals surface area contributed by atoms with Crippen molar-refractivity contribution in [3.05, 3.63) is 58.4 Å². The Morgan fingerprint density at radius 2 is 2.04 bits per heavy atom. The zero-order chi connectivity index (χ0) is 19.6. The molecule has 9 heteroatoms. The van der Waals surface area contributed by atoms with Crippen LogP contribution in [0.5, 0.6) is 0 Å². The van der Waals surface area contributed by atoms with Gasteiger partial charge in [0.15, 0.2) is 0 Å². The van der Waals surface area contributed by atoms with Gasteiger partial charge in [0.05, 0.1) is 21.6 Å². The summed E-state index contributed by atoms with van der Waals surface area (Å²) in [4.78, 5) is 12.5. The molecule has 0 radical (unpaired) electrons. The van der Waals surface area contributed by atoms with Crippen molar-refractivity contribution in [1.29, 1.82) is 0 Å². The summed E-state index contributed by atoms with van der Waals surface area (Å²) in [6, 6.07) is 9.76. The van der Waals surface area contributed by atoms with E-state index in [4.69, 9.17) is 11.6 Å². The number of halogens is 2. The molecule has 1 heterocycles. The number of amides is 1. The molecule has 3 aromatic rings. The average molecular weight is 406 g/mol. The molecule has 0 saturated carbocycles. The molecule has 140 valence electrons. The molecule has 3 rings (SSSR count). The summed E-state index contributed by atoms with van der Waals surface area (Å²) in [6.07, 6.45) is 0. The molecule has 27 heavy (non-hydrogen) atoms. The Morgan fingerprint density at radius 3 is 2.74 bits per heavy atom. The molecule has 1 amide bonds. The average Bonchev–Trinajstić information content (AvgIpc) is 3.05. The van der Waals surface area contributed by atoms with Gasteiger partial charge in [-0.2, -0.15) is 4.68 Å². The topological polar surface area (TPSA) is 72.7 Å². The predicted molar refractivity (Wildman–Crippen MR) is 104 cm³/mol. The third-order valence-electron chi connectivity index (χ3n) is 3.86. The van der Waals surface area contributed by atoms with Crippen LogP contribution in [0.4, 0.5) is 10.1 Å². The van der Waals surface area contributed by atoms with Crippen molar-refractivity contribution >= 4 is 35.0 Å². The van der Waals surface area contributed by atoms with E-state index in [1.807, 2.05) is 32.0 Å². The number of rotatable bonds is 5. The first-order chi connectivity index (χ1) is 12.8. The maximum atomic E-state index is 13.1.